The third-order valence-electron chi connectivity index (χ3n) is 13.3. The van der Waals surface area contributed by atoms with Crippen molar-refractivity contribution in [3.63, 3.8) is 0 Å². The average molecular weight is 816 g/mol. The first kappa shape index (κ1) is 35.0. The highest BCUT2D eigenvalue weighted by Gasteiger charge is 2.23. The van der Waals surface area contributed by atoms with Crippen molar-refractivity contribution in [2.75, 3.05) is 0 Å². The second-order valence-electron chi connectivity index (χ2n) is 16.8. The standard InChI is InChI=1S/C59H37N5/c1-3-17-38(18-4-1)49-27-16-32-57(60-49)64-52-30-13-7-23-42(52)45-33-34-54-58(59(45)64)46-26-10-14-31-53(46)62(54)40-21-15-22-41(35-40)63-51-29-12-9-25-44(51)48-36-55-47(37-56(48)63)43-24-8-11-28-50(43)61(55)39-19-5-2-6-20-39/h1-37H. The average Bonchev–Trinajstić information content (AvgIpc) is 4.08. The van der Waals surface area contributed by atoms with Gasteiger partial charge in [-0.15, -0.1) is 0 Å². The molecule has 0 radical (unpaired) electrons. The van der Waals surface area contributed by atoms with Crippen molar-refractivity contribution >= 4 is 87.2 Å². The molecule has 14 rings (SSSR count). The normalized spacial score (nSPS) is 12.1. The second-order valence-corrected chi connectivity index (χ2v) is 16.8. The highest BCUT2D eigenvalue weighted by molar-refractivity contribution is 6.26. The smallest absolute Gasteiger partial charge is 0.138 e. The third-order valence-corrected chi connectivity index (χ3v) is 13.3. The molecule has 0 unspecified atom stereocenters. The molecule has 14 aromatic rings. The number of pyridine rings is 1. The van der Waals surface area contributed by atoms with E-state index in [0.717, 1.165) is 56.2 Å². The van der Waals surface area contributed by atoms with E-state index in [2.05, 4.69) is 243 Å². The monoisotopic (exact) mass is 815 g/mol. The molecular weight excluding hydrogens is 779 g/mol. The minimum absolute atomic E-state index is 0.895. The van der Waals surface area contributed by atoms with E-state index in [1.807, 2.05) is 0 Å². The zero-order valence-corrected chi connectivity index (χ0v) is 34.6. The van der Waals surface area contributed by atoms with E-state index in [-0.39, 0.29) is 0 Å². The third kappa shape index (κ3) is 4.92. The van der Waals surface area contributed by atoms with Crippen molar-refractivity contribution in [3.05, 3.63) is 224 Å². The van der Waals surface area contributed by atoms with Crippen molar-refractivity contribution in [2.45, 2.75) is 0 Å². The van der Waals surface area contributed by atoms with Gasteiger partial charge in [0.2, 0.25) is 0 Å². The van der Waals surface area contributed by atoms with Gasteiger partial charge in [-0.3, -0.25) is 4.57 Å². The molecule has 0 spiro atoms. The van der Waals surface area contributed by atoms with E-state index in [4.69, 9.17) is 4.98 Å². The molecule has 5 heteroatoms. The molecule has 0 atom stereocenters. The summed E-state index contributed by atoms with van der Waals surface area (Å²) in [6.45, 7) is 0. The van der Waals surface area contributed by atoms with Crippen molar-refractivity contribution in [1.82, 2.24) is 23.3 Å². The van der Waals surface area contributed by atoms with Gasteiger partial charge in [-0.05, 0) is 84.9 Å². The second kappa shape index (κ2) is 13.4. The number of benzene rings is 9. The fraction of sp³-hybridized carbons (Fsp3) is 0. The summed E-state index contributed by atoms with van der Waals surface area (Å²) in [4.78, 5) is 5.33. The molecule has 298 valence electrons. The number of fused-ring (bicyclic) bond motifs is 13. The maximum Gasteiger partial charge on any atom is 0.138 e. The van der Waals surface area contributed by atoms with Crippen LogP contribution in [0.1, 0.15) is 0 Å². The van der Waals surface area contributed by atoms with Crippen LogP contribution in [-0.4, -0.2) is 23.3 Å². The Morgan fingerprint density at radius 2 is 0.734 bits per heavy atom. The summed E-state index contributed by atoms with van der Waals surface area (Å²) >= 11 is 0. The molecule has 0 N–H and O–H groups in total. The van der Waals surface area contributed by atoms with Gasteiger partial charge in [0, 0.05) is 65.7 Å². The quantitative estimate of drug-likeness (QED) is 0.170. The van der Waals surface area contributed by atoms with Gasteiger partial charge in [-0.2, -0.15) is 0 Å². The van der Waals surface area contributed by atoms with Crippen LogP contribution in [0.2, 0.25) is 0 Å². The highest BCUT2D eigenvalue weighted by Crippen LogP contribution is 2.43. The van der Waals surface area contributed by atoms with Crippen LogP contribution in [0.25, 0.3) is 121 Å². The molecule has 0 saturated carbocycles. The Morgan fingerprint density at radius 3 is 1.38 bits per heavy atom. The molecule has 9 aromatic carbocycles. The summed E-state index contributed by atoms with van der Waals surface area (Å²) in [6, 6.07) is 81.2. The van der Waals surface area contributed by atoms with Gasteiger partial charge in [0.25, 0.3) is 0 Å². The zero-order valence-electron chi connectivity index (χ0n) is 34.6. The molecule has 5 nitrogen and oxygen atoms in total. The SMILES string of the molecule is c1ccc(-c2cccc(-n3c4ccccc4c4ccc5c(c6ccccc6n5-c5cccc(-n6c7ccccc7c7cc8c(cc76)c6ccccc6n8-c6ccccc6)c5)c43)n2)cc1. The molecule has 0 aliphatic heterocycles. The maximum absolute atomic E-state index is 5.33. The number of nitrogens with zero attached hydrogens (tertiary/aromatic N) is 5. The number of aromatic nitrogens is 5. The van der Waals surface area contributed by atoms with E-state index in [9.17, 15) is 0 Å². The lowest BCUT2D eigenvalue weighted by Crippen LogP contribution is -1.99. The fourth-order valence-electron chi connectivity index (χ4n) is 10.7. The lowest BCUT2D eigenvalue weighted by Gasteiger charge is -2.13. The number of rotatable bonds is 5. The Labute approximate surface area is 367 Å². The first-order valence-electron chi connectivity index (χ1n) is 21.9. The van der Waals surface area contributed by atoms with Crippen molar-refractivity contribution in [2.24, 2.45) is 0 Å². The molecule has 0 aliphatic rings. The van der Waals surface area contributed by atoms with E-state index < -0.39 is 0 Å². The van der Waals surface area contributed by atoms with Gasteiger partial charge in [0.15, 0.2) is 0 Å². The summed E-state index contributed by atoms with van der Waals surface area (Å²) in [7, 11) is 0. The lowest BCUT2D eigenvalue weighted by atomic mass is 10.1. The Morgan fingerprint density at radius 1 is 0.266 bits per heavy atom. The molecular formula is C59H37N5. The van der Waals surface area contributed by atoms with Crippen molar-refractivity contribution < 1.29 is 0 Å². The molecule has 5 heterocycles. The minimum Gasteiger partial charge on any atom is -0.309 e. The van der Waals surface area contributed by atoms with Gasteiger partial charge >= 0.3 is 0 Å². The first-order valence-corrected chi connectivity index (χ1v) is 21.9. The van der Waals surface area contributed by atoms with Gasteiger partial charge in [0.05, 0.1) is 49.8 Å². The van der Waals surface area contributed by atoms with Crippen LogP contribution < -0.4 is 0 Å². The lowest BCUT2D eigenvalue weighted by molar-refractivity contribution is 1.09. The summed E-state index contributed by atoms with van der Waals surface area (Å²) in [6.07, 6.45) is 0. The number of hydrogen-bond donors (Lipinski definition) is 0. The van der Waals surface area contributed by atoms with Crippen LogP contribution in [-0.2, 0) is 0 Å². The van der Waals surface area contributed by atoms with Gasteiger partial charge < -0.3 is 13.7 Å². The Balaban J connectivity index is 1.03. The topological polar surface area (TPSA) is 32.6 Å². The summed E-state index contributed by atoms with van der Waals surface area (Å²) in [5.41, 5.74) is 14.8. The Bertz CT molecular complexity index is 4180. The predicted molar refractivity (Wildman–Crippen MR) is 267 cm³/mol. The first-order chi connectivity index (χ1) is 31.8. The van der Waals surface area contributed by atoms with Crippen molar-refractivity contribution in [1.29, 1.82) is 0 Å². The maximum atomic E-state index is 5.33. The molecule has 64 heavy (non-hydrogen) atoms. The Hall–Kier alpha value is -8.67. The number of para-hydroxylation sites is 5. The molecule has 0 fully saturated rings. The van der Waals surface area contributed by atoms with Crippen molar-refractivity contribution in [3.8, 4) is 34.1 Å². The van der Waals surface area contributed by atoms with Crippen LogP contribution >= 0.6 is 0 Å². The van der Waals surface area contributed by atoms with E-state index >= 15 is 0 Å². The largest absolute Gasteiger partial charge is 0.309 e. The summed E-state index contributed by atoms with van der Waals surface area (Å²) in [5, 5.41) is 9.75. The van der Waals surface area contributed by atoms with Crippen LogP contribution in [0.15, 0.2) is 224 Å². The van der Waals surface area contributed by atoms with E-state index in [1.165, 1.54) is 65.2 Å². The number of hydrogen-bond acceptors (Lipinski definition) is 1. The highest BCUT2D eigenvalue weighted by atomic mass is 15.1. The fourth-order valence-corrected chi connectivity index (χ4v) is 10.7. The van der Waals surface area contributed by atoms with Gasteiger partial charge in [-0.25, -0.2) is 4.98 Å². The van der Waals surface area contributed by atoms with Gasteiger partial charge in [0.1, 0.15) is 5.82 Å². The van der Waals surface area contributed by atoms with E-state index in [1.54, 1.807) is 0 Å². The molecule has 5 aromatic heterocycles. The molecule has 0 aliphatic carbocycles. The van der Waals surface area contributed by atoms with Crippen LogP contribution in [0, 0.1) is 0 Å². The summed E-state index contributed by atoms with van der Waals surface area (Å²) in [5.74, 6) is 0.895. The Kier molecular flexibility index (Phi) is 7.33. The minimum atomic E-state index is 0.895. The predicted octanol–water partition coefficient (Wildman–Crippen LogP) is 15.1. The van der Waals surface area contributed by atoms with Crippen LogP contribution in [0.5, 0.6) is 0 Å². The molecule has 0 saturated heterocycles. The summed E-state index contributed by atoms with van der Waals surface area (Å²) < 4.78 is 9.69. The zero-order chi connectivity index (χ0) is 41.9. The van der Waals surface area contributed by atoms with E-state index in [0.29, 0.717) is 0 Å². The molecule has 0 bridgehead atoms. The van der Waals surface area contributed by atoms with Crippen LogP contribution in [0.3, 0.4) is 0 Å². The van der Waals surface area contributed by atoms with Crippen LogP contribution in [0.4, 0.5) is 0 Å². The van der Waals surface area contributed by atoms with Gasteiger partial charge in [-0.1, -0.05) is 140 Å². The molecule has 0 amide bonds.